The Hall–Kier alpha value is -2.59. The predicted octanol–water partition coefficient (Wildman–Crippen LogP) is 2.48. The molecule has 2 rings (SSSR count). The Bertz CT molecular complexity index is 699. The van der Waals surface area contributed by atoms with Crippen molar-refractivity contribution in [2.24, 2.45) is 0 Å². The molecule has 0 radical (unpaired) electrons. The van der Waals surface area contributed by atoms with Crippen LogP contribution in [0.25, 0.3) is 5.69 Å². The van der Waals surface area contributed by atoms with E-state index < -0.39 is 5.82 Å². The molecule has 88 valence electrons. The minimum atomic E-state index is -0.473. The summed E-state index contributed by atoms with van der Waals surface area (Å²) in [6.07, 6.45) is 5.40. The molecule has 1 heterocycles. The van der Waals surface area contributed by atoms with Crippen LogP contribution in [-0.2, 0) is 0 Å². The number of benzene rings is 1. The van der Waals surface area contributed by atoms with Crippen LogP contribution in [0.4, 0.5) is 4.39 Å². The second kappa shape index (κ2) is 4.35. The predicted molar refractivity (Wildman–Crippen MR) is 65.6 cm³/mol. The highest BCUT2D eigenvalue weighted by molar-refractivity contribution is 5.47. The van der Waals surface area contributed by atoms with Crippen LogP contribution >= 0.6 is 0 Å². The third-order valence-electron chi connectivity index (χ3n) is 2.69. The molecule has 1 aromatic heterocycles. The summed E-state index contributed by atoms with van der Waals surface area (Å²) >= 11 is 0. The zero-order valence-electron chi connectivity index (χ0n) is 10.0. The van der Waals surface area contributed by atoms with Crippen molar-refractivity contribution in [1.29, 1.82) is 5.26 Å². The molecular weight excluding hydrogens is 229 g/mol. The molecule has 0 amide bonds. The van der Waals surface area contributed by atoms with Crippen molar-refractivity contribution in [3.8, 4) is 24.1 Å². The van der Waals surface area contributed by atoms with Gasteiger partial charge in [-0.1, -0.05) is 5.92 Å². The highest BCUT2D eigenvalue weighted by atomic mass is 19.1. The van der Waals surface area contributed by atoms with Gasteiger partial charge >= 0.3 is 0 Å². The zero-order chi connectivity index (χ0) is 13.3. The minimum absolute atomic E-state index is 0.250. The van der Waals surface area contributed by atoms with E-state index in [2.05, 4.69) is 11.0 Å². The van der Waals surface area contributed by atoms with E-state index >= 15 is 0 Å². The molecule has 0 aliphatic heterocycles. The Labute approximate surface area is 104 Å². The first-order valence-corrected chi connectivity index (χ1v) is 5.30. The van der Waals surface area contributed by atoms with Crippen LogP contribution in [0.3, 0.4) is 0 Å². The van der Waals surface area contributed by atoms with Crippen LogP contribution in [0.2, 0.25) is 0 Å². The molecule has 0 fully saturated rings. The lowest BCUT2D eigenvalue weighted by molar-refractivity contribution is 0.624. The summed E-state index contributed by atoms with van der Waals surface area (Å²) in [5, 5.41) is 13.1. The number of nitriles is 1. The van der Waals surface area contributed by atoms with Gasteiger partial charge in [0.1, 0.15) is 5.82 Å². The number of hydrogen-bond donors (Lipinski definition) is 0. The first kappa shape index (κ1) is 11.9. The van der Waals surface area contributed by atoms with Crippen LogP contribution in [-0.4, -0.2) is 9.78 Å². The van der Waals surface area contributed by atoms with E-state index in [4.69, 9.17) is 11.7 Å². The maximum atomic E-state index is 13.4. The van der Waals surface area contributed by atoms with Gasteiger partial charge in [0.25, 0.3) is 0 Å². The largest absolute Gasteiger partial charge is 0.236 e. The lowest BCUT2D eigenvalue weighted by Gasteiger charge is -2.05. The standard InChI is InChI=1S/C14H10FN3/c1-4-14-9(2)17-18(10(14)3)13-6-11(8-16)5-12(15)7-13/h1,5-7H,2-3H3. The summed E-state index contributed by atoms with van der Waals surface area (Å²) in [6, 6.07) is 5.98. The molecule has 0 saturated carbocycles. The number of aromatic nitrogens is 2. The molecule has 3 nitrogen and oxygen atoms in total. The first-order chi connectivity index (χ1) is 8.56. The summed E-state index contributed by atoms with van der Waals surface area (Å²) in [6.45, 7) is 3.61. The third-order valence-corrected chi connectivity index (χ3v) is 2.69. The van der Waals surface area contributed by atoms with Gasteiger partial charge in [-0.3, -0.25) is 0 Å². The fourth-order valence-corrected chi connectivity index (χ4v) is 1.86. The topological polar surface area (TPSA) is 41.6 Å². The summed E-state index contributed by atoms with van der Waals surface area (Å²) in [5.74, 6) is 2.08. The lowest BCUT2D eigenvalue weighted by Crippen LogP contribution is -2.00. The Morgan fingerprint density at radius 2 is 2.06 bits per heavy atom. The van der Waals surface area contributed by atoms with Gasteiger partial charge in [-0.2, -0.15) is 10.4 Å². The van der Waals surface area contributed by atoms with E-state index in [1.54, 1.807) is 17.7 Å². The molecule has 0 N–H and O–H groups in total. The summed E-state index contributed by atoms with van der Waals surface area (Å²) in [5.41, 5.74) is 2.90. The van der Waals surface area contributed by atoms with Crippen molar-refractivity contribution in [2.45, 2.75) is 13.8 Å². The van der Waals surface area contributed by atoms with E-state index in [0.29, 0.717) is 16.9 Å². The summed E-state index contributed by atoms with van der Waals surface area (Å²) < 4.78 is 14.9. The molecule has 0 unspecified atom stereocenters. The summed E-state index contributed by atoms with van der Waals surface area (Å²) in [4.78, 5) is 0. The molecule has 0 atom stereocenters. The monoisotopic (exact) mass is 239 g/mol. The average Bonchev–Trinajstić information content (AvgIpc) is 2.63. The molecule has 4 heteroatoms. The van der Waals surface area contributed by atoms with E-state index in [9.17, 15) is 4.39 Å². The number of nitrogens with zero attached hydrogens (tertiary/aromatic N) is 3. The molecule has 0 saturated heterocycles. The van der Waals surface area contributed by atoms with Gasteiger partial charge in [0.05, 0.1) is 34.3 Å². The second-order valence-electron chi connectivity index (χ2n) is 3.91. The molecule has 0 spiro atoms. The highest BCUT2D eigenvalue weighted by Crippen LogP contribution is 2.19. The maximum absolute atomic E-state index is 13.4. The van der Waals surface area contributed by atoms with Crippen molar-refractivity contribution in [1.82, 2.24) is 9.78 Å². The molecular formula is C14H10FN3. The molecule has 0 aliphatic rings. The van der Waals surface area contributed by atoms with Crippen molar-refractivity contribution in [3.05, 3.63) is 46.5 Å². The average molecular weight is 239 g/mol. The highest BCUT2D eigenvalue weighted by Gasteiger charge is 2.12. The van der Waals surface area contributed by atoms with E-state index in [1.807, 2.05) is 13.0 Å². The first-order valence-electron chi connectivity index (χ1n) is 5.30. The Morgan fingerprint density at radius 1 is 1.33 bits per heavy atom. The van der Waals surface area contributed by atoms with Gasteiger partial charge in [-0.05, 0) is 32.0 Å². The normalized spacial score (nSPS) is 9.83. The minimum Gasteiger partial charge on any atom is -0.236 e. The van der Waals surface area contributed by atoms with Gasteiger partial charge in [-0.25, -0.2) is 9.07 Å². The van der Waals surface area contributed by atoms with Crippen molar-refractivity contribution in [3.63, 3.8) is 0 Å². The van der Waals surface area contributed by atoms with Gasteiger partial charge in [0.2, 0.25) is 0 Å². The zero-order valence-corrected chi connectivity index (χ0v) is 10.0. The Kier molecular flexibility index (Phi) is 2.87. The van der Waals surface area contributed by atoms with Gasteiger partial charge < -0.3 is 0 Å². The SMILES string of the molecule is C#Cc1c(C)nn(-c2cc(F)cc(C#N)c2)c1C. The van der Waals surface area contributed by atoms with E-state index in [1.165, 1.54) is 12.1 Å². The fourth-order valence-electron chi connectivity index (χ4n) is 1.86. The maximum Gasteiger partial charge on any atom is 0.126 e. The number of hydrogen-bond acceptors (Lipinski definition) is 2. The van der Waals surface area contributed by atoms with Crippen LogP contribution < -0.4 is 0 Å². The van der Waals surface area contributed by atoms with Gasteiger partial charge in [0, 0.05) is 0 Å². The van der Waals surface area contributed by atoms with Crippen LogP contribution in [0.1, 0.15) is 22.5 Å². The second-order valence-corrected chi connectivity index (χ2v) is 3.91. The van der Waals surface area contributed by atoms with Gasteiger partial charge in [0.15, 0.2) is 0 Å². The smallest absolute Gasteiger partial charge is 0.126 e. The Morgan fingerprint density at radius 3 is 2.61 bits per heavy atom. The number of halogens is 1. The van der Waals surface area contributed by atoms with E-state index in [0.717, 1.165) is 5.69 Å². The Balaban J connectivity index is 2.67. The van der Waals surface area contributed by atoms with Crippen molar-refractivity contribution < 1.29 is 4.39 Å². The van der Waals surface area contributed by atoms with Crippen LogP contribution in [0.15, 0.2) is 18.2 Å². The molecule has 0 aliphatic carbocycles. The van der Waals surface area contributed by atoms with Crippen molar-refractivity contribution >= 4 is 0 Å². The third kappa shape index (κ3) is 1.85. The molecule has 1 aromatic carbocycles. The lowest BCUT2D eigenvalue weighted by atomic mass is 10.2. The van der Waals surface area contributed by atoms with Crippen LogP contribution in [0, 0.1) is 43.3 Å². The number of rotatable bonds is 1. The summed E-state index contributed by atoms with van der Waals surface area (Å²) in [7, 11) is 0. The van der Waals surface area contributed by atoms with Crippen LogP contribution in [0.5, 0.6) is 0 Å². The molecule has 0 bridgehead atoms. The van der Waals surface area contributed by atoms with Crippen molar-refractivity contribution in [2.75, 3.05) is 0 Å². The fraction of sp³-hybridized carbons (Fsp3) is 0.143. The number of terminal acetylenes is 1. The quantitative estimate of drug-likeness (QED) is 0.717. The van der Waals surface area contributed by atoms with Gasteiger partial charge in [-0.15, -0.1) is 6.42 Å². The molecule has 18 heavy (non-hydrogen) atoms. The molecule has 2 aromatic rings. The van der Waals surface area contributed by atoms with E-state index in [-0.39, 0.29) is 5.56 Å². The number of aryl methyl sites for hydroxylation is 1.